The molecule has 0 fully saturated rings. The molecule has 0 amide bonds. The Bertz CT molecular complexity index is 242. The van der Waals surface area contributed by atoms with Crippen molar-refractivity contribution in [3.63, 3.8) is 0 Å². The minimum atomic E-state index is 0. The lowest BCUT2D eigenvalue weighted by molar-refractivity contribution is 0.472. The first kappa shape index (κ1) is 10.5. The number of pyridine rings is 1. The van der Waals surface area contributed by atoms with Crippen molar-refractivity contribution >= 4 is 24.0 Å². The van der Waals surface area contributed by atoms with Gasteiger partial charge in [-0.25, -0.2) is 0 Å². The molecular weight excluding hydrogens is 187 g/mol. The van der Waals surface area contributed by atoms with Crippen LogP contribution in [0.15, 0.2) is 12.3 Å². The van der Waals surface area contributed by atoms with E-state index < -0.39 is 0 Å². The molecule has 0 saturated heterocycles. The zero-order valence-electron chi connectivity index (χ0n) is 5.62. The quantitative estimate of drug-likeness (QED) is 0.710. The molecule has 5 heteroatoms. The highest BCUT2D eigenvalue weighted by Gasteiger charge is 1.98. The normalized spacial score (nSPS) is 8.91. The van der Waals surface area contributed by atoms with E-state index in [1.165, 1.54) is 12.3 Å². The van der Waals surface area contributed by atoms with Crippen LogP contribution in [0.3, 0.4) is 0 Å². The van der Waals surface area contributed by atoms with Crippen LogP contribution in [0.25, 0.3) is 0 Å². The van der Waals surface area contributed by atoms with Crippen LogP contribution in [0.4, 0.5) is 0 Å². The van der Waals surface area contributed by atoms with E-state index in [1.54, 1.807) is 0 Å². The van der Waals surface area contributed by atoms with Gasteiger partial charge in [-0.2, -0.15) is 0 Å². The van der Waals surface area contributed by atoms with Crippen LogP contribution in [0.1, 0.15) is 5.69 Å². The highest BCUT2D eigenvalue weighted by molar-refractivity contribution is 6.31. The van der Waals surface area contributed by atoms with Gasteiger partial charge in [-0.05, 0) is 0 Å². The van der Waals surface area contributed by atoms with E-state index in [0.717, 1.165) is 0 Å². The maximum atomic E-state index is 8.85. The Balaban J connectivity index is 0.000001000. The molecule has 0 aliphatic heterocycles. The first-order valence-electron chi connectivity index (χ1n) is 2.77. The Kier molecular flexibility index (Phi) is 4.18. The van der Waals surface area contributed by atoms with E-state index in [2.05, 4.69) is 4.98 Å². The summed E-state index contributed by atoms with van der Waals surface area (Å²) in [6, 6.07) is 1.41. The number of hydrogen-bond donors (Lipinski definition) is 2. The second-order valence-electron chi connectivity index (χ2n) is 1.83. The van der Waals surface area contributed by atoms with Gasteiger partial charge in [-0.3, -0.25) is 4.98 Å². The summed E-state index contributed by atoms with van der Waals surface area (Å²) in [7, 11) is 0. The third kappa shape index (κ3) is 2.54. The van der Waals surface area contributed by atoms with Crippen molar-refractivity contribution in [3.05, 3.63) is 23.0 Å². The number of rotatable bonds is 1. The van der Waals surface area contributed by atoms with Gasteiger partial charge in [-0.1, -0.05) is 11.6 Å². The molecule has 3 N–H and O–H groups in total. The summed E-state index contributed by atoms with van der Waals surface area (Å²) < 4.78 is 0. The third-order valence-electron chi connectivity index (χ3n) is 1.10. The lowest BCUT2D eigenvalue weighted by Gasteiger charge is -1.98. The van der Waals surface area contributed by atoms with E-state index in [9.17, 15) is 0 Å². The van der Waals surface area contributed by atoms with E-state index in [-0.39, 0.29) is 18.2 Å². The predicted molar refractivity (Wildman–Crippen MR) is 46.1 cm³/mol. The number of aromatic nitrogens is 1. The fourth-order valence-electron chi connectivity index (χ4n) is 0.606. The molecule has 0 aliphatic rings. The predicted octanol–water partition coefficient (Wildman–Crippen LogP) is 1.32. The molecule has 11 heavy (non-hydrogen) atoms. The molecule has 0 aliphatic carbocycles. The van der Waals surface area contributed by atoms with Gasteiger partial charge >= 0.3 is 0 Å². The molecule has 0 radical (unpaired) electrons. The standard InChI is InChI=1S/C6H7ClN2O.ClH/c7-5-1-4(10)3-9-6(5)2-8;/h1,3,10H,2,8H2;1H. The van der Waals surface area contributed by atoms with Crippen LogP contribution in [-0.2, 0) is 6.54 Å². The van der Waals surface area contributed by atoms with E-state index in [0.29, 0.717) is 17.3 Å². The van der Waals surface area contributed by atoms with Gasteiger partial charge in [0.25, 0.3) is 0 Å². The third-order valence-corrected chi connectivity index (χ3v) is 1.42. The summed E-state index contributed by atoms with van der Waals surface area (Å²) in [5.74, 6) is 0.0576. The number of nitrogens with zero attached hydrogens (tertiary/aromatic N) is 1. The molecule has 1 aromatic heterocycles. The van der Waals surface area contributed by atoms with Gasteiger partial charge < -0.3 is 10.8 Å². The Morgan fingerprint density at radius 2 is 2.27 bits per heavy atom. The van der Waals surface area contributed by atoms with Gasteiger partial charge in [0.05, 0.1) is 16.9 Å². The molecule has 0 unspecified atom stereocenters. The SMILES string of the molecule is Cl.NCc1ncc(O)cc1Cl. The first-order chi connectivity index (χ1) is 4.74. The summed E-state index contributed by atoms with van der Waals surface area (Å²) in [6.45, 7) is 0.291. The average molecular weight is 195 g/mol. The van der Waals surface area contributed by atoms with Crippen molar-refractivity contribution < 1.29 is 5.11 Å². The van der Waals surface area contributed by atoms with Gasteiger partial charge in [0.15, 0.2) is 0 Å². The molecular formula is C6H8Cl2N2O. The molecule has 62 valence electrons. The Hall–Kier alpha value is -0.510. The van der Waals surface area contributed by atoms with Crippen molar-refractivity contribution in [1.82, 2.24) is 4.98 Å². The van der Waals surface area contributed by atoms with Crippen molar-refractivity contribution in [2.75, 3.05) is 0 Å². The summed E-state index contributed by atoms with van der Waals surface area (Å²) in [4.78, 5) is 3.79. The van der Waals surface area contributed by atoms with Gasteiger partial charge in [-0.15, -0.1) is 12.4 Å². The molecule has 1 aromatic rings. The molecule has 0 spiro atoms. The van der Waals surface area contributed by atoms with E-state index in [4.69, 9.17) is 22.4 Å². The van der Waals surface area contributed by atoms with Gasteiger partial charge in [0.2, 0.25) is 0 Å². The second kappa shape index (κ2) is 4.38. The number of hydrogen-bond acceptors (Lipinski definition) is 3. The fourth-order valence-corrected chi connectivity index (χ4v) is 0.844. The van der Waals surface area contributed by atoms with Crippen LogP contribution in [-0.4, -0.2) is 10.1 Å². The largest absolute Gasteiger partial charge is 0.506 e. The number of halogens is 2. The summed E-state index contributed by atoms with van der Waals surface area (Å²) >= 11 is 5.63. The molecule has 0 atom stereocenters. The highest BCUT2D eigenvalue weighted by atomic mass is 35.5. The first-order valence-corrected chi connectivity index (χ1v) is 3.15. The van der Waals surface area contributed by atoms with Crippen LogP contribution in [0.2, 0.25) is 5.02 Å². The lowest BCUT2D eigenvalue weighted by atomic mass is 10.3. The topological polar surface area (TPSA) is 59.1 Å². The van der Waals surface area contributed by atoms with Crippen molar-refractivity contribution in [3.8, 4) is 5.75 Å². The number of aromatic hydroxyl groups is 1. The number of nitrogens with two attached hydrogens (primary N) is 1. The van der Waals surface area contributed by atoms with Crippen molar-refractivity contribution in [2.24, 2.45) is 5.73 Å². The zero-order chi connectivity index (χ0) is 7.56. The van der Waals surface area contributed by atoms with Crippen molar-refractivity contribution in [2.45, 2.75) is 6.54 Å². The van der Waals surface area contributed by atoms with Crippen LogP contribution >= 0.6 is 24.0 Å². The highest BCUT2D eigenvalue weighted by Crippen LogP contribution is 2.17. The van der Waals surface area contributed by atoms with Crippen LogP contribution in [0, 0.1) is 0 Å². The van der Waals surface area contributed by atoms with Crippen LogP contribution in [0.5, 0.6) is 5.75 Å². The zero-order valence-corrected chi connectivity index (χ0v) is 7.19. The molecule has 1 heterocycles. The smallest absolute Gasteiger partial charge is 0.135 e. The maximum Gasteiger partial charge on any atom is 0.135 e. The minimum absolute atomic E-state index is 0. The van der Waals surface area contributed by atoms with Crippen LogP contribution < -0.4 is 5.73 Å². The van der Waals surface area contributed by atoms with Gasteiger partial charge in [0.1, 0.15) is 5.75 Å². The molecule has 3 nitrogen and oxygen atoms in total. The summed E-state index contributed by atoms with van der Waals surface area (Å²) in [5, 5.41) is 9.25. The maximum absolute atomic E-state index is 8.85. The average Bonchev–Trinajstić information content (AvgIpc) is 1.88. The van der Waals surface area contributed by atoms with Gasteiger partial charge in [0, 0.05) is 12.6 Å². The monoisotopic (exact) mass is 194 g/mol. The second-order valence-corrected chi connectivity index (χ2v) is 2.23. The Morgan fingerprint density at radius 3 is 2.73 bits per heavy atom. The Labute approximate surface area is 75.6 Å². The lowest BCUT2D eigenvalue weighted by Crippen LogP contribution is -1.99. The summed E-state index contributed by atoms with van der Waals surface area (Å²) in [5.41, 5.74) is 5.87. The van der Waals surface area contributed by atoms with E-state index in [1.807, 2.05) is 0 Å². The minimum Gasteiger partial charge on any atom is -0.506 e. The molecule has 0 aromatic carbocycles. The fraction of sp³-hybridized carbons (Fsp3) is 0.167. The Morgan fingerprint density at radius 1 is 1.64 bits per heavy atom. The van der Waals surface area contributed by atoms with E-state index >= 15 is 0 Å². The molecule has 1 rings (SSSR count). The van der Waals surface area contributed by atoms with Crippen molar-refractivity contribution in [1.29, 1.82) is 0 Å². The molecule has 0 saturated carbocycles. The molecule has 0 bridgehead atoms. The summed E-state index contributed by atoms with van der Waals surface area (Å²) in [6.07, 6.45) is 1.31.